The Kier molecular flexibility index (Phi) is 4.91. The number of halogens is 3. The second kappa shape index (κ2) is 6.69. The maximum absolute atomic E-state index is 12.4. The van der Waals surface area contributed by atoms with E-state index in [-0.39, 0.29) is 24.3 Å². The number of nitrogens with one attached hydrogen (secondary N) is 1. The third-order valence-corrected chi connectivity index (χ3v) is 3.53. The fraction of sp³-hybridized carbons (Fsp3) is 0.467. The number of alkyl halides is 3. The Morgan fingerprint density at radius 3 is 2.50 bits per heavy atom. The molecule has 1 saturated carbocycles. The molecular weight excluding hydrogens is 297 g/mol. The van der Waals surface area contributed by atoms with Crippen molar-refractivity contribution in [1.82, 2.24) is 5.32 Å². The lowest BCUT2D eigenvalue weighted by Crippen LogP contribution is -2.45. The fourth-order valence-corrected chi connectivity index (χ4v) is 2.31. The minimum absolute atomic E-state index is 0.0575. The number of rotatable bonds is 5. The molecule has 0 aromatic heterocycles. The van der Waals surface area contributed by atoms with Gasteiger partial charge in [-0.3, -0.25) is 4.79 Å². The molecule has 1 aliphatic rings. The fourth-order valence-electron chi connectivity index (χ4n) is 2.31. The van der Waals surface area contributed by atoms with Crippen molar-refractivity contribution in [3.05, 3.63) is 29.8 Å². The summed E-state index contributed by atoms with van der Waals surface area (Å²) < 4.78 is 42.3. The Balaban J connectivity index is 1.72. The van der Waals surface area contributed by atoms with Crippen LogP contribution >= 0.6 is 0 Å². The molecule has 0 atom stereocenters. The second-order valence-electron chi connectivity index (χ2n) is 5.27. The monoisotopic (exact) mass is 312 g/mol. The van der Waals surface area contributed by atoms with E-state index in [4.69, 9.17) is 10.00 Å². The van der Waals surface area contributed by atoms with Gasteiger partial charge in [-0.1, -0.05) is 0 Å². The quantitative estimate of drug-likeness (QED) is 0.909. The van der Waals surface area contributed by atoms with Crippen LogP contribution in [0.4, 0.5) is 13.2 Å². The lowest BCUT2D eigenvalue weighted by atomic mass is 9.78. The number of benzene rings is 1. The summed E-state index contributed by atoms with van der Waals surface area (Å²) in [5.74, 6) is 0.227. The SMILES string of the molecule is N#CCC1CC(NC(=O)COc2ccc(C(F)(F)F)cc2)C1. The van der Waals surface area contributed by atoms with Crippen LogP contribution in [0.25, 0.3) is 0 Å². The molecule has 1 aromatic rings. The Bertz CT molecular complexity index is 558. The average Bonchev–Trinajstić information content (AvgIpc) is 2.42. The number of carbonyl (C=O) groups is 1. The van der Waals surface area contributed by atoms with E-state index in [1.165, 1.54) is 12.1 Å². The number of nitrogens with zero attached hydrogens (tertiary/aromatic N) is 1. The van der Waals surface area contributed by atoms with Crippen LogP contribution in [0, 0.1) is 17.2 Å². The third kappa shape index (κ3) is 4.38. The topological polar surface area (TPSA) is 62.1 Å². The molecule has 1 N–H and O–H groups in total. The molecule has 7 heteroatoms. The molecule has 1 aliphatic carbocycles. The third-order valence-electron chi connectivity index (χ3n) is 3.53. The van der Waals surface area contributed by atoms with Gasteiger partial charge in [0.15, 0.2) is 6.61 Å². The van der Waals surface area contributed by atoms with E-state index < -0.39 is 11.7 Å². The standard InChI is InChI=1S/C15H15F3N2O2/c16-15(17,18)11-1-3-13(4-2-11)22-9-14(21)20-12-7-10(8-12)5-6-19/h1-4,10,12H,5,7-9H2,(H,20,21). The van der Waals surface area contributed by atoms with Crippen LogP contribution in [-0.4, -0.2) is 18.6 Å². The minimum atomic E-state index is -4.39. The molecule has 0 radical (unpaired) electrons. The zero-order valence-corrected chi connectivity index (χ0v) is 11.7. The van der Waals surface area contributed by atoms with Crippen molar-refractivity contribution in [1.29, 1.82) is 5.26 Å². The summed E-state index contributed by atoms with van der Waals surface area (Å²) in [6.45, 7) is -0.245. The van der Waals surface area contributed by atoms with Gasteiger partial charge in [0.2, 0.25) is 0 Å². The number of carbonyl (C=O) groups excluding carboxylic acids is 1. The van der Waals surface area contributed by atoms with Crippen LogP contribution in [-0.2, 0) is 11.0 Å². The minimum Gasteiger partial charge on any atom is -0.484 e. The van der Waals surface area contributed by atoms with Crippen molar-refractivity contribution in [3.63, 3.8) is 0 Å². The first kappa shape index (κ1) is 16.1. The zero-order chi connectivity index (χ0) is 16.2. The van der Waals surface area contributed by atoms with E-state index in [1.54, 1.807) is 0 Å². The Hall–Kier alpha value is -2.23. The van der Waals surface area contributed by atoms with Crippen molar-refractivity contribution in [2.75, 3.05) is 6.61 Å². The van der Waals surface area contributed by atoms with Crippen molar-refractivity contribution in [2.24, 2.45) is 5.92 Å². The molecule has 1 fully saturated rings. The van der Waals surface area contributed by atoms with Gasteiger partial charge in [0.25, 0.3) is 5.91 Å². The molecule has 1 aromatic carbocycles. The molecule has 0 heterocycles. The Labute approximate surface area is 125 Å². The van der Waals surface area contributed by atoms with Gasteiger partial charge in [0, 0.05) is 12.5 Å². The summed E-state index contributed by atoms with van der Waals surface area (Å²) in [5.41, 5.74) is -0.762. The molecule has 0 aliphatic heterocycles. The van der Waals surface area contributed by atoms with Gasteiger partial charge >= 0.3 is 6.18 Å². The van der Waals surface area contributed by atoms with E-state index in [2.05, 4.69) is 11.4 Å². The number of ether oxygens (including phenoxy) is 1. The number of hydrogen-bond acceptors (Lipinski definition) is 3. The van der Waals surface area contributed by atoms with Gasteiger partial charge in [0.1, 0.15) is 5.75 Å². The highest BCUT2D eigenvalue weighted by Crippen LogP contribution is 2.31. The van der Waals surface area contributed by atoms with Crippen molar-refractivity contribution in [2.45, 2.75) is 31.5 Å². The maximum atomic E-state index is 12.4. The zero-order valence-electron chi connectivity index (χ0n) is 11.7. The first-order valence-corrected chi connectivity index (χ1v) is 6.85. The van der Waals surface area contributed by atoms with Crippen molar-refractivity contribution >= 4 is 5.91 Å². The molecule has 1 amide bonds. The van der Waals surface area contributed by atoms with E-state index in [1.807, 2.05) is 0 Å². The van der Waals surface area contributed by atoms with E-state index in [0.717, 1.165) is 25.0 Å². The molecule has 2 rings (SSSR count). The average molecular weight is 312 g/mol. The van der Waals surface area contributed by atoms with Gasteiger partial charge in [-0.15, -0.1) is 0 Å². The van der Waals surface area contributed by atoms with Gasteiger partial charge in [-0.25, -0.2) is 0 Å². The molecule has 0 spiro atoms. The van der Waals surface area contributed by atoms with Crippen LogP contribution in [0.3, 0.4) is 0 Å². The van der Waals surface area contributed by atoms with Crippen LogP contribution < -0.4 is 10.1 Å². The van der Waals surface area contributed by atoms with E-state index >= 15 is 0 Å². The normalized spacial score (nSPS) is 20.6. The highest BCUT2D eigenvalue weighted by atomic mass is 19.4. The molecule has 118 valence electrons. The van der Waals surface area contributed by atoms with Crippen LogP contribution in [0.5, 0.6) is 5.75 Å². The summed E-state index contributed by atoms with van der Waals surface area (Å²) in [5, 5.41) is 11.3. The van der Waals surface area contributed by atoms with E-state index in [9.17, 15) is 18.0 Å². The predicted molar refractivity (Wildman–Crippen MR) is 71.8 cm³/mol. The van der Waals surface area contributed by atoms with Crippen molar-refractivity contribution < 1.29 is 22.7 Å². The highest BCUT2D eigenvalue weighted by molar-refractivity contribution is 5.77. The lowest BCUT2D eigenvalue weighted by molar-refractivity contribution is -0.137. The summed E-state index contributed by atoms with van der Waals surface area (Å²) in [4.78, 5) is 11.6. The number of nitriles is 1. The van der Waals surface area contributed by atoms with Crippen LogP contribution in [0.1, 0.15) is 24.8 Å². The molecule has 0 bridgehead atoms. The molecule has 22 heavy (non-hydrogen) atoms. The first-order valence-electron chi connectivity index (χ1n) is 6.85. The molecule has 0 unspecified atom stereocenters. The molecule has 4 nitrogen and oxygen atoms in total. The van der Waals surface area contributed by atoms with Gasteiger partial charge < -0.3 is 10.1 Å². The van der Waals surface area contributed by atoms with Crippen LogP contribution in [0.2, 0.25) is 0 Å². The van der Waals surface area contributed by atoms with Gasteiger partial charge in [-0.2, -0.15) is 18.4 Å². The van der Waals surface area contributed by atoms with Gasteiger partial charge in [-0.05, 0) is 43.0 Å². The molecule has 0 saturated heterocycles. The number of amides is 1. The summed E-state index contributed by atoms with van der Waals surface area (Å²) in [7, 11) is 0. The Morgan fingerprint density at radius 1 is 1.32 bits per heavy atom. The summed E-state index contributed by atoms with van der Waals surface area (Å²) >= 11 is 0. The second-order valence-corrected chi connectivity index (χ2v) is 5.27. The smallest absolute Gasteiger partial charge is 0.416 e. The first-order chi connectivity index (χ1) is 10.4. The maximum Gasteiger partial charge on any atom is 0.416 e. The summed E-state index contributed by atoms with van der Waals surface area (Å²) in [6.07, 6.45) is -2.34. The highest BCUT2D eigenvalue weighted by Gasteiger charge is 2.31. The predicted octanol–water partition coefficient (Wildman–Crippen LogP) is 2.89. The van der Waals surface area contributed by atoms with Gasteiger partial charge in [0.05, 0.1) is 11.6 Å². The summed E-state index contributed by atoms with van der Waals surface area (Å²) in [6, 6.07) is 6.33. The van der Waals surface area contributed by atoms with Crippen molar-refractivity contribution in [3.8, 4) is 11.8 Å². The Morgan fingerprint density at radius 2 is 1.95 bits per heavy atom. The molecular formula is C15H15F3N2O2. The van der Waals surface area contributed by atoms with Crippen LogP contribution in [0.15, 0.2) is 24.3 Å². The largest absolute Gasteiger partial charge is 0.484 e. The lowest BCUT2D eigenvalue weighted by Gasteiger charge is -2.34. The van der Waals surface area contributed by atoms with E-state index in [0.29, 0.717) is 12.3 Å². The number of hydrogen-bond donors (Lipinski definition) is 1.